The second-order valence-electron chi connectivity index (χ2n) is 2.99. The Hall–Kier alpha value is -0.650. The van der Waals surface area contributed by atoms with Gasteiger partial charge in [-0.1, -0.05) is 17.7 Å². The first-order chi connectivity index (χ1) is 7.66. The van der Waals surface area contributed by atoms with Crippen molar-refractivity contribution in [1.82, 2.24) is 4.37 Å². The van der Waals surface area contributed by atoms with Gasteiger partial charge in [-0.15, -0.1) is 0 Å². The standard InChI is InChI=1S/C10H6BrClFNOS/c11-8-5-16-14-10(8)15-4-6-1-2-7(12)3-9(6)13/h1-3,5H,4H2. The number of hydrogen-bond acceptors (Lipinski definition) is 3. The van der Waals surface area contributed by atoms with Crippen molar-refractivity contribution < 1.29 is 9.13 Å². The molecule has 0 saturated carbocycles. The maximum atomic E-state index is 13.4. The number of halogens is 3. The largest absolute Gasteiger partial charge is 0.471 e. The van der Waals surface area contributed by atoms with Gasteiger partial charge in [0.1, 0.15) is 12.4 Å². The molecule has 0 aliphatic carbocycles. The molecule has 0 spiro atoms. The van der Waals surface area contributed by atoms with Crippen LogP contribution in [0.3, 0.4) is 0 Å². The molecular weight excluding hydrogens is 317 g/mol. The smallest absolute Gasteiger partial charge is 0.240 e. The SMILES string of the molecule is Fc1cc(Cl)ccc1COc1nscc1Br. The monoisotopic (exact) mass is 321 g/mol. The zero-order valence-corrected chi connectivity index (χ0v) is 11.1. The van der Waals surface area contributed by atoms with E-state index in [1.54, 1.807) is 17.5 Å². The van der Waals surface area contributed by atoms with Gasteiger partial charge in [0.2, 0.25) is 5.88 Å². The van der Waals surface area contributed by atoms with Crippen LogP contribution >= 0.6 is 39.1 Å². The van der Waals surface area contributed by atoms with Crippen LogP contribution in [0.4, 0.5) is 4.39 Å². The maximum Gasteiger partial charge on any atom is 0.240 e. The van der Waals surface area contributed by atoms with Crippen LogP contribution in [0.15, 0.2) is 28.1 Å². The fourth-order valence-corrected chi connectivity index (χ4v) is 2.32. The second kappa shape index (κ2) is 5.12. The summed E-state index contributed by atoms with van der Waals surface area (Å²) >= 11 is 10.2. The van der Waals surface area contributed by atoms with Gasteiger partial charge in [0.15, 0.2) is 0 Å². The van der Waals surface area contributed by atoms with Crippen LogP contribution in [0.5, 0.6) is 5.88 Å². The van der Waals surface area contributed by atoms with Gasteiger partial charge in [-0.25, -0.2) is 4.39 Å². The highest BCUT2D eigenvalue weighted by Gasteiger charge is 2.07. The first-order valence-corrected chi connectivity index (χ1v) is 6.34. The normalized spacial score (nSPS) is 10.4. The molecule has 0 aliphatic heterocycles. The molecular formula is C10H6BrClFNOS. The Morgan fingerprint density at radius 3 is 2.94 bits per heavy atom. The van der Waals surface area contributed by atoms with E-state index in [-0.39, 0.29) is 12.4 Å². The van der Waals surface area contributed by atoms with Gasteiger partial charge in [-0.2, -0.15) is 4.37 Å². The highest BCUT2D eigenvalue weighted by atomic mass is 79.9. The Morgan fingerprint density at radius 2 is 2.31 bits per heavy atom. The summed E-state index contributed by atoms with van der Waals surface area (Å²) in [5.74, 6) is 0.0956. The summed E-state index contributed by atoms with van der Waals surface area (Å²) in [6.45, 7) is 0.130. The molecule has 0 amide bonds. The number of ether oxygens (including phenoxy) is 1. The van der Waals surface area contributed by atoms with Gasteiger partial charge in [0, 0.05) is 16.0 Å². The first-order valence-electron chi connectivity index (χ1n) is 4.33. The summed E-state index contributed by atoms with van der Waals surface area (Å²) in [5.41, 5.74) is 0.448. The molecule has 0 N–H and O–H groups in total. The van der Waals surface area contributed by atoms with E-state index in [4.69, 9.17) is 16.3 Å². The Kier molecular flexibility index (Phi) is 3.78. The number of rotatable bonds is 3. The van der Waals surface area contributed by atoms with Gasteiger partial charge in [0.05, 0.1) is 4.47 Å². The first kappa shape index (κ1) is 11.8. The minimum absolute atomic E-state index is 0.130. The molecule has 0 saturated heterocycles. The molecule has 0 bridgehead atoms. The summed E-state index contributed by atoms with van der Waals surface area (Å²) in [7, 11) is 0. The third-order valence-corrected chi connectivity index (χ3v) is 3.59. The highest BCUT2D eigenvalue weighted by molar-refractivity contribution is 9.10. The lowest BCUT2D eigenvalue weighted by atomic mass is 10.2. The molecule has 1 aromatic carbocycles. The Morgan fingerprint density at radius 1 is 1.50 bits per heavy atom. The number of aromatic nitrogens is 1. The summed E-state index contributed by atoms with van der Waals surface area (Å²) in [5, 5.41) is 2.17. The predicted molar refractivity (Wildman–Crippen MR) is 65.6 cm³/mol. The maximum absolute atomic E-state index is 13.4. The lowest BCUT2D eigenvalue weighted by molar-refractivity contribution is 0.289. The van der Waals surface area contributed by atoms with E-state index < -0.39 is 0 Å². The number of hydrogen-bond donors (Lipinski definition) is 0. The van der Waals surface area contributed by atoms with Crippen molar-refractivity contribution in [3.8, 4) is 5.88 Å². The summed E-state index contributed by atoms with van der Waals surface area (Å²) in [4.78, 5) is 0. The van der Waals surface area contributed by atoms with Crippen molar-refractivity contribution in [2.45, 2.75) is 6.61 Å². The van der Waals surface area contributed by atoms with E-state index in [2.05, 4.69) is 20.3 Å². The van der Waals surface area contributed by atoms with Crippen molar-refractivity contribution >= 4 is 39.1 Å². The van der Waals surface area contributed by atoms with Crippen molar-refractivity contribution in [1.29, 1.82) is 0 Å². The van der Waals surface area contributed by atoms with E-state index in [0.717, 1.165) is 4.47 Å². The molecule has 6 heteroatoms. The highest BCUT2D eigenvalue weighted by Crippen LogP contribution is 2.26. The van der Waals surface area contributed by atoms with Crippen LogP contribution in [-0.4, -0.2) is 4.37 Å². The Bertz CT molecular complexity index is 505. The molecule has 0 atom stereocenters. The fourth-order valence-electron chi connectivity index (χ4n) is 1.09. The quantitative estimate of drug-likeness (QED) is 0.841. The number of nitrogens with zero attached hydrogens (tertiary/aromatic N) is 1. The molecule has 84 valence electrons. The van der Waals surface area contributed by atoms with E-state index in [0.29, 0.717) is 16.5 Å². The molecule has 2 rings (SSSR count). The van der Waals surface area contributed by atoms with Gasteiger partial charge >= 0.3 is 0 Å². The summed E-state index contributed by atoms with van der Waals surface area (Å²) in [6.07, 6.45) is 0. The van der Waals surface area contributed by atoms with Crippen LogP contribution in [0, 0.1) is 5.82 Å². The second-order valence-corrected chi connectivity index (χ2v) is 4.91. The Labute approximate surface area is 109 Å². The molecule has 1 heterocycles. The zero-order valence-electron chi connectivity index (χ0n) is 7.91. The van der Waals surface area contributed by atoms with Crippen molar-refractivity contribution in [2.24, 2.45) is 0 Å². The average molecular weight is 323 g/mol. The molecule has 2 aromatic rings. The molecule has 0 radical (unpaired) electrons. The lowest BCUT2D eigenvalue weighted by Gasteiger charge is -2.05. The van der Waals surface area contributed by atoms with E-state index in [9.17, 15) is 4.39 Å². The Balaban J connectivity index is 2.08. The van der Waals surface area contributed by atoms with Gasteiger partial charge < -0.3 is 4.74 Å². The summed E-state index contributed by atoms with van der Waals surface area (Å²) < 4.78 is 23.5. The molecule has 16 heavy (non-hydrogen) atoms. The van der Waals surface area contributed by atoms with Crippen LogP contribution in [0.1, 0.15) is 5.56 Å². The van der Waals surface area contributed by atoms with E-state index >= 15 is 0 Å². The molecule has 0 fully saturated rings. The van der Waals surface area contributed by atoms with Gasteiger partial charge in [-0.05, 0) is 39.6 Å². The number of benzene rings is 1. The minimum Gasteiger partial charge on any atom is -0.471 e. The third kappa shape index (κ3) is 2.72. The van der Waals surface area contributed by atoms with Crippen molar-refractivity contribution in [3.63, 3.8) is 0 Å². The van der Waals surface area contributed by atoms with Crippen LogP contribution in [-0.2, 0) is 6.61 Å². The molecule has 2 nitrogen and oxygen atoms in total. The van der Waals surface area contributed by atoms with Crippen molar-refractivity contribution in [3.05, 3.63) is 44.5 Å². The van der Waals surface area contributed by atoms with Gasteiger partial charge in [-0.3, -0.25) is 0 Å². The topological polar surface area (TPSA) is 22.1 Å². The molecule has 0 unspecified atom stereocenters. The lowest BCUT2D eigenvalue weighted by Crippen LogP contribution is -1.98. The average Bonchev–Trinajstić information content (AvgIpc) is 2.63. The summed E-state index contributed by atoms with van der Waals surface area (Å²) in [6, 6.07) is 4.48. The van der Waals surface area contributed by atoms with Gasteiger partial charge in [0.25, 0.3) is 0 Å². The third-order valence-electron chi connectivity index (χ3n) is 1.88. The van der Waals surface area contributed by atoms with Crippen molar-refractivity contribution in [2.75, 3.05) is 0 Å². The van der Waals surface area contributed by atoms with Crippen LogP contribution in [0.25, 0.3) is 0 Å². The fraction of sp³-hybridized carbons (Fsp3) is 0.100. The zero-order chi connectivity index (χ0) is 11.5. The van der Waals surface area contributed by atoms with E-state index in [1.165, 1.54) is 17.6 Å². The van der Waals surface area contributed by atoms with E-state index in [1.807, 2.05) is 0 Å². The molecule has 0 aliphatic rings. The predicted octanol–water partition coefficient (Wildman–Crippen LogP) is 4.28. The minimum atomic E-state index is -0.376. The van der Waals surface area contributed by atoms with Crippen LogP contribution < -0.4 is 4.74 Å². The molecule has 1 aromatic heterocycles. The van der Waals surface area contributed by atoms with Crippen LogP contribution in [0.2, 0.25) is 5.02 Å².